The van der Waals surface area contributed by atoms with Crippen LogP contribution < -0.4 is 15.1 Å². The zero-order valence-corrected chi connectivity index (χ0v) is 15.7. The molecule has 1 amide bonds. The van der Waals surface area contributed by atoms with Gasteiger partial charge in [0.15, 0.2) is 11.2 Å². The van der Waals surface area contributed by atoms with E-state index in [1.165, 1.54) is 4.90 Å². The number of rotatable bonds is 3. The van der Waals surface area contributed by atoms with Gasteiger partial charge in [0.05, 0.1) is 24.1 Å². The van der Waals surface area contributed by atoms with E-state index in [0.717, 1.165) is 0 Å². The molecule has 1 aliphatic rings. The Morgan fingerprint density at radius 1 is 1.07 bits per heavy atom. The zero-order valence-electron chi connectivity index (χ0n) is 15.7. The lowest BCUT2D eigenvalue weighted by molar-refractivity contribution is 0.0969. The van der Waals surface area contributed by atoms with Gasteiger partial charge in [-0.1, -0.05) is 29.4 Å². The molecule has 0 bridgehead atoms. The number of nitrogens with zero attached hydrogens (tertiary/aromatic N) is 2. The Morgan fingerprint density at radius 2 is 1.90 bits per heavy atom. The number of para-hydroxylation sites is 1. The van der Waals surface area contributed by atoms with Gasteiger partial charge >= 0.3 is 0 Å². The summed E-state index contributed by atoms with van der Waals surface area (Å²) in [5, 5.41) is 4.43. The van der Waals surface area contributed by atoms with Crippen molar-refractivity contribution < 1.29 is 18.5 Å². The molecule has 1 aliphatic heterocycles. The number of amides is 1. The van der Waals surface area contributed by atoms with Crippen LogP contribution in [0.2, 0.25) is 0 Å². The molecule has 144 valence electrons. The van der Waals surface area contributed by atoms with Crippen molar-refractivity contribution in [1.29, 1.82) is 0 Å². The molecule has 7 nitrogen and oxygen atoms in total. The van der Waals surface area contributed by atoms with Crippen molar-refractivity contribution in [2.75, 3.05) is 12.0 Å². The first-order valence-corrected chi connectivity index (χ1v) is 9.05. The number of methoxy groups -OCH3 is 1. The third-order valence-corrected chi connectivity index (χ3v) is 5.05. The number of ether oxygens (including phenoxy) is 1. The number of aryl methyl sites for hydroxylation is 1. The first kappa shape index (κ1) is 17.2. The smallest absolute Gasteiger partial charge is 0.296 e. The van der Waals surface area contributed by atoms with E-state index in [1.807, 2.05) is 12.1 Å². The maximum Gasteiger partial charge on any atom is 0.296 e. The Kier molecular flexibility index (Phi) is 3.77. The molecule has 0 saturated carbocycles. The molecule has 0 radical (unpaired) electrons. The van der Waals surface area contributed by atoms with E-state index in [4.69, 9.17) is 13.7 Å². The molecule has 2 aromatic heterocycles. The van der Waals surface area contributed by atoms with Gasteiger partial charge in [0.25, 0.3) is 5.91 Å². The van der Waals surface area contributed by atoms with E-state index in [9.17, 15) is 9.59 Å². The van der Waals surface area contributed by atoms with Crippen molar-refractivity contribution in [1.82, 2.24) is 5.16 Å². The van der Waals surface area contributed by atoms with Crippen LogP contribution in [0.1, 0.15) is 33.5 Å². The number of carbonyl (C=O) groups is 1. The molecule has 2 aromatic carbocycles. The third-order valence-electron chi connectivity index (χ3n) is 5.05. The number of fused-ring (bicyclic) bond motifs is 2. The molecule has 0 aliphatic carbocycles. The molecule has 0 N–H and O–H groups in total. The summed E-state index contributed by atoms with van der Waals surface area (Å²) >= 11 is 0. The fraction of sp³-hybridized carbons (Fsp3) is 0.136. The monoisotopic (exact) mass is 388 g/mol. The van der Waals surface area contributed by atoms with Gasteiger partial charge in [-0.15, -0.1) is 0 Å². The van der Waals surface area contributed by atoms with E-state index in [-0.39, 0.29) is 16.8 Å². The van der Waals surface area contributed by atoms with Crippen LogP contribution in [0.3, 0.4) is 0 Å². The molecular weight excluding hydrogens is 372 g/mol. The van der Waals surface area contributed by atoms with Crippen LogP contribution in [0.4, 0.5) is 5.82 Å². The summed E-state index contributed by atoms with van der Waals surface area (Å²) in [6.07, 6.45) is 0. The van der Waals surface area contributed by atoms with Gasteiger partial charge in [-0.25, -0.2) is 0 Å². The number of hydrogen-bond acceptors (Lipinski definition) is 6. The average Bonchev–Trinajstić information content (AvgIpc) is 3.29. The van der Waals surface area contributed by atoms with Gasteiger partial charge in [-0.3, -0.25) is 14.5 Å². The van der Waals surface area contributed by atoms with Gasteiger partial charge in [0.2, 0.25) is 5.76 Å². The molecule has 29 heavy (non-hydrogen) atoms. The van der Waals surface area contributed by atoms with Crippen molar-refractivity contribution in [3.8, 4) is 5.75 Å². The minimum Gasteiger partial charge on any atom is -0.497 e. The van der Waals surface area contributed by atoms with Crippen LogP contribution in [0.15, 0.2) is 68.3 Å². The first-order valence-electron chi connectivity index (χ1n) is 9.05. The summed E-state index contributed by atoms with van der Waals surface area (Å²) in [6.45, 7) is 1.74. The highest BCUT2D eigenvalue weighted by molar-refractivity contribution is 6.10. The van der Waals surface area contributed by atoms with E-state index in [0.29, 0.717) is 33.9 Å². The third kappa shape index (κ3) is 2.55. The average molecular weight is 388 g/mol. The number of benzene rings is 2. The number of hydrogen-bond donors (Lipinski definition) is 0. The topological polar surface area (TPSA) is 85.8 Å². The van der Waals surface area contributed by atoms with Gasteiger partial charge in [-0.2, -0.15) is 0 Å². The molecule has 4 aromatic rings. The van der Waals surface area contributed by atoms with Crippen LogP contribution >= 0.6 is 0 Å². The van der Waals surface area contributed by atoms with Gasteiger partial charge in [0, 0.05) is 6.07 Å². The fourth-order valence-electron chi connectivity index (χ4n) is 3.75. The zero-order chi connectivity index (χ0) is 20.1. The molecule has 0 saturated heterocycles. The molecule has 3 heterocycles. The minimum atomic E-state index is -0.710. The number of anilines is 1. The van der Waals surface area contributed by atoms with Crippen LogP contribution in [0.5, 0.6) is 5.75 Å². The van der Waals surface area contributed by atoms with Crippen LogP contribution in [-0.4, -0.2) is 18.2 Å². The lowest BCUT2D eigenvalue weighted by Gasteiger charge is -2.22. The van der Waals surface area contributed by atoms with E-state index in [1.54, 1.807) is 56.5 Å². The predicted octanol–water partition coefficient (Wildman–Crippen LogP) is 3.85. The van der Waals surface area contributed by atoms with E-state index >= 15 is 0 Å². The van der Waals surface area contributed by atoms with Crippen LogP contribution in [0, 0.1) is 6.92 Å². The number of aromatic nitrogens is 1. The first-order chi connectivity index (χ1) is 14.1. The molecular formula is C22H16N2O5. The number of carbonyl (C=O) groups excluding carboxylic acids is 1. The minimum absolute atomic E-state index is 0.0159. The second-order valence-corrected chi connectivity index (χ2v) is 6.82. The largest absolute Gasteiger partial charge is 0.497 e. The lowest BCUT2D eigenvalue weighted by Crippen LogP contribution is -2.29. The summed E-state index contributed by atoms with van der Waals surface area (Å²) in [4.78, 5) is 28.1. The van der Waals surface area contributed by atoms with Crippen molar-refractivity contribution in [2.24, 2.45) is 0 Å². The molecule has 5 rings (SSSR count). The summed E-state index contributed by atoms with van der Waals surface area (Å²) in [7, 11) is 1.56. The normalized spacial score (nSPS) is 15.7. The summed E-state index contributed by atoms with van der Waals surface area (Å²) in [5.41, 5.74) is 1.11. The Labute approximate surface area is 165 Å². The summed E-state index contributed by atoms with van der Waals surface area (Å²) < 4.78 is 16.4. The maximum atomic E-state index is 13.4. The quantitative estimate of drug-likeness (QED) is 0.530. The lowest BCUT2D eigenvalue weighted by atomic mass is 9.98. The summed E-state index contributed by atoms with van der Waals surface area (Å²) in [5.74, 6) is 1.06. The Hall–Kier alpha value is -3.87. The highest BCUT2D eigenvalue weighted by Gasteiger charge is 2.44. The van der Waals surface area contributed by atoms with Gasteiger partial charge < -0.3 is 13.7 Å². The van der Waals surface area contributed by atoms with Crippen LogP contribution in [-0.2, 0) is 0 Å². The highest BCUT2D eigenvalue weighted by Crippen LogP contribution is 2.41. The van der Waals surface area contributed by atoms with Crippen molar-refractivity contribution in [2.45, 2.75) is 13.0 Å². The molecule has 1 unspecified atom stereocenters. The molecule has 0 spiro atoms. The second kappa shape index (κ2) is 6.34. The van der Waals surface area contributed by atoms with Crippen molar-refractivity contribution in [3.05, 3.63) is 87.5 Å². The molecule has 1 atom stereocenters. The van der Waals surface area contributed by atoms with E-state index in [2.05, 4.69) is 5.16 Å². The molecule has 0 fully saturated rings. The van der Waals surface area contributed by atoms with Crippen LogP contribution in [0.25, 0.3) is 11.0 Å². The van der Waals surface area contributed by atoms with Gasteiger partial charge in [0.1, 0.15) is 17.1 Å². The molecule has 7 heteroatoms. The summed E-state index contributed by atoms with van der Waals surface area (Å²) in [6, 6.07) is 15.1. The highest BCUT2D eigenvalue weighted by atomic mass is 16.5. The Morgan fingerprint density at radius 3 is 2.66 bits per heavy atom. The van der Waals surface area contributed by atoms with Crippen molar-refractivity contribution in [3.63, 3.8) is 0 Å². The maximum absolute atomic E-state index is 13.4. The fourth-order valence-corrected chi connectivity index (χ4v) is 3.75. The SMILES string of the molecule is COc1cccc(C2c3c(oc4ccccc4c3=O)C(=O)N2c2cc(C)on2)c1. The van der Waals surface area contributed by atoms with E-state index < -0.39 is 11.9 Å². The Balaban J connectivity index is 1.82. The van der Waals surface area contributed by atoms with Crippen molar-refractivity contribution >= 4 is 22.7 Å². The Bertz CT molecular complexity index is 1320. The predicted molar refractivity (Wildman–Crippen MR) is 105 cm³/mol. The second-order valence-electron chi connectivity index (χ2n) is 6.82. The standard InChI is InChI=1S/C22H16N2O5/c1-12-10-17(23-29-12)24-19(13-6-5-7-14(11-13)27-2)18-20(25)15-8-3-4-9-16(15)28-21(18)22(24)26/h3-11,19H,1-2H3. The van der Waals surface area contributed by atoms with Gasteiger partial charge in [-0.05, 0) is 36.8 Å².